The van der Waals surface area contributed by atoms with E-state index >= 15 is 0 Å². The summed E-state index contributed by atoms with van der Waals surface area (Å²) >= 11 is 0. The normalized spacial score (nSPS) is 10.3. The Morgan fingerprint density at radius 2 is 1.76 bits per heavy atom. The second-order valence-corrected chi connectivity index (χ2v) is 5.89. The van der Waals surface area contributed by atoms with Gasteiger partial charge in [0, 0.05) is 5.56 Å². The van der Waals surface area contributed by atoms with Gasteiger partial charge in [0.25, 0.3) is 5.91 Å². The third kappa shape index (κ3) is 4.83. The lowest BCUT2D eigenvalue weighted by Gasteiger charge is -2.08. The van der Waals surface area contributed by atoms with Crippen LogP contribution in [0.3, 0.4) is 0 Å². The Morgan fingerprint density at radius 3 is 2.48 bits per heavy atom. The van der Waals surface area contributed by atoms with Crippen molar-refractivity contribution >= 4 is 23.6 Å². The van der Waals surface area contributed by atoms with E-state index in [0.717, 1.165) is 6.07 Å². The number of carbonyl (C=O) groups is 3. The van der Waals surface area contributed by atoms with E-state index < -0.39 is 30.3 Å². The lowest BCUT2D eigenvalue weighted by atomic mass is 10.1. The fraction of sp³-hybridized carbons (Fsp3) is 0.100. The zero-order valence-electron chi connectivity index (χ0n) is 15.3. The summed E-state index contributed by atoms with van der Waals surface area (Å²) in [6.07, 6.45) is 0. The van der Waals surface area contributed by atoms with E-state index in [4.69, 9.17) is 9.26 Å². The molecule has 0 aliphatic heterocycles. The number of aryl methyl sites for hydroxylation is 1. The molecule has 3 aromatic rings. The van der Waals surface area contributed by atoms with Gasteiger partial charge in [-0.3, -0.25) is 10.1 Å². The van der Waals surface area contributed by atoms with Crippen molar-refractivity contribution in [3.63, 3.8) is 0 Å². The highest BCUT2D eigenvalue weighted by Crippen LogP contribution is 2.25. The summed E-state index contributed by atoms with van der Waals surface area (Å²) < 4.78 is 23.5. The van der Waals surface area contributed by atoms with Crippen molar-refractivity contribution in [3.8, 4) is 11.3 Å². The molecule has 2 aromatic carbocycles. The SMILES string of the molecule is Cc1onc(-c2ccccc2)c1C(=O)OCC(=O)NC(=O)Nc1ccccc1F. The van der Waals surface area contributed by atoms with Crippen LogP contribution in [0.4, 0.5) is 14.9 Å². The molecule has 3 rings (SSSR count). The van der Waals surface area contributed by atoms with Crippen LogP contribution in [0, 0.1) is 12.7 Å². The first kappa shape index (κ1) is 19.7. The minimum atomic E-state index is -0.956. The van der Waals surface area contributed by atoms with Crippen molar-refractivity contribution in [2.24, 2.45) is 0 Å². The van der Waals surface area contributed by atoms with Crippen LogP contribution in [-0.2, 0) is 9.53 Å². The van der Waals surface area contributed by atoms with Crippen LogP contribution >= 0.6 is 0 Å². The maximum Gasteiger partial charge on any atom is 0.344 e. The van der Waals surface area contributed by atoms with Gasteiger partial charge in [0.05, 0.1) is 5.69 Å². The molecule has 0 bridgehead atoms. The number of para-hydroxylation sites is 1. The largest absolute Gasteiger partial charge is 0.452 e. The number of halogens is 1. The van der Waals surface area contributed by atoms with Crippen LogP contribution in [-0.4, -0.2) is 29.7 Å². The average Bonchev–Trinajstić information content (AvgIpc) is 3.10. The first-order valence-corrected chi connectivity index (χ1v) is 8.50. The second-order valence-electron chi connectivity index (χ2n) is 5.89. The fourth-order valence-corrected chi connectivity index (χ4v) is 2.49. The van der Waals surface area contributed by atoms with Crippen molar-refractivity contribution in [3.05, 3.63) is 71.7 Å². The Labute approximate surface area is 164 Å². The maximum atomic E-state index is 13.5. The molecule has 148 valence electrons. The highest BCUT2D eigenvalue weighted by molar-refractivity contribution is 6.03. The van der Waals surface area contributed by atoms with E-state index in [-0.39, 0.29) is 22.7 Å². The zero-order valence-corrected chi connectivity index (χ0v) is 15.3. The van der Waals surface area contributed by atoms with Gasteiger partial charge in [-0.2, -0.15) is 0 Å². The Hall–Kier alpha value is -4.01. The zero-order chi connectivity index (χ0) is 20.8. The van der Waals surface area contributed by atoms with Gasteiger partial charge in [-0.1, -0.05) is 47.6 Å². The Kier molecular flexibility index (Phi) is 5.98. The molecule has 2 N–H and O–H groups in total. The molecule has 0 aliphatic rings. The van der Waals surface area contributed by atoms with Crippen LogP contribution in [0.25, 0.3) is 11.3 Å². The predicted octanol–water partition coefficient (Wildman–Crippen LogP) is 3.29. The maximum absolute atomic E-state index is 13.5. The number of hydrogen-bond donors (Lipinski definition) is 2. The number of carbonyl (C=O) groups excluding carboxylic acids is 3. The highest BCUT2D eigenvalue weighted by atomic mass is 19.1. The molecule has 0 saturated heterocycles. The van der Waals surface area contributed by atoms with E-state index in [1.165, 1.54) is 25.1 Å². The molecule has 0 saturated carbocycles. The fourth-order valence-electron chi connectivity index (χ4n) is 2.49. The quantitative estimate of drug-likeness (QED) is 0.639. The predicted molar refractivity (Wildman–Crippen MR) is 101 cm³/mol. The van der Waals surface area contributed by atoms with Gasteiger partial charge in [-0.25, -0.2) is 14.0 Å². The van der Waals surface area contributed by atoms with Gasteiger partial charge in [0.15, 0.2) is 6.61 Å². The van der Waals surface area contributed by atoms with Crippen molar-refractivity contribution in [1.29, 1.82) is 0 Å². The summed E-state index contributed by atoms with van der Waals surface area (Å²) in [5, 5.41) is 7.99. The van der Waals surface area contributed by atoms with Crippen molar-refractivity contribution < 1.29 is 28.0 Å². The van der Waals surface area contributed by atoms with Crippen LogP contribution in [0.2, 0.25) is 0 Å². The highest BCUT2D eigenvalue weighted by Gasteiger charge is 2.24. The van der Waals surface area contributed by atoms with Crippen LogP contribution < -0.4 is 10.6 Å². The average molecular weight is 397 g/mol. The lowest BCUT2D eigenvalue weighted by molar-refractivity contribution is -0.123. The summed E-state index contributed by atoms with van der Waals surface area (Å²) in [5.74, 6) is -2.14. The molecule has 8 nitrogen and oxygen atoms in total. The summed E-state index contributed by atoms with van der Waals surface area (Å²) in [6.45, 7) is 0.820. The summed E-state index contributed by atoms with van der Waals surface area (Å²) in [6, 6.07) is 13.4. The molecule has 0 spiro atoms. The number of esters is 1. The van der Waals surface area contributed by atoms with Gasteiger partial charge in [0.1, 0.15) is 22.8 Å². The number of benzene rings is 2. The topological polar surface area (TPSA) is 111 Å². The number of urea groups is 1. The number of ether oxygens (including phenoxy) is 1. The monoisotopic (exact) mass is 397 g/mol. The molecule has 1 aromatic heterocycles. The summed E-state index contributed by atoms with van der Waals surface area (Å²) in [4.78, 5) is 36.0. The van der Waals surface area contributed by atoms with E-state index in [1.54, 1.807) is 24.3 Å². The number of aromatic nitrogens is 1. The van der Waals surface area contributed by atoms with E-state index in [0.29, 0.717) is 5.56 Å². The number of rotatable bonds is 5. The third-order valence-electron chi connectivity index (χ3n) is 3.82. The Balaban J connectivity index is 1.58. The first-order chi connectivity index (χ1) is 14.0. The molecule has 29 heavy (non-hydrogen) atoms. The number of nitrogens with zero attached hydrogens (tertiary/aromatic N) is 1. The first-order valence-electron chi connectivity index (χ1n) is 8.50. The van der Waals surface area contributed by atoms with E-state index in [1.807, 2.05) is 11.4 Å². The lowest BCUT2D eigenvalue weighted by Crippen LogP contribution is -2.37. The minimum Gasteiger partial charge on any atom is -0.452 e. The van der Waals surface area contributed by atoms with Crippen molar-refractivity contribution in [1.82, 2.24) is 10.5 Å². The molecule has 0 atom stereocenters. The van der Waals surface area contributed by atoms with Gasteiger partial charge in [-0.05, 0) is 19.1 Å². The van der Waals surface area contributed by atoms with E-state index in [9.17, 15) is 18.8 Å². The van der Waals surface area contributed by atoms with Gasteiger partial charge in [0.2, 0.25) is 0 Å². The molecular formula is C20H16FN3O5. The van der Waals surface area contributed by atoms with Crippen molar-refractivity contribution in [2.45, 2.75) is 6.92 Å². The number of hydrogen-bond acceptors (Lipinski definition) is 6. The Morgan fingerprint density at radius 1 is 1.07 bits per heavy atom. The van der Waals surface area contributed by atoms with E-state index in [2.05, 4.69) is 10.5 Å². The minimum absolute atomic E-state index is 0.0832. The number of nitrogens with one attached hydrogen (secondary N) is 2. The van der Waals surface area contributed by atoms with Gasteiger partial charge < -0.3 is 14.6 Å². The molecule has 3 amide bonds. The van der Waals surface area contributed by atoms with Crippen LogP contribution in [0.1, 0.15) is 16.1 Å². The second kappa shape index (κ2) is 8.79. The van der Waals surface area contributed by atoms with Gasteiger partial charge in [-0.15, -0.1) is 0 Å². The standard InChI is InChI=1S/C20H16FN3O5/c1-12-17(18(24-29-12)13-7-3-2-4-8-13)19(26)28-11-16(25)23-20(27)22-15-10-6-5-9-14(15)21/h2-10H,11H2,1H3,(H2,22,23,25,27). The number of anilines is 1. The third-order valence-corrected chi connectivity index (χ3v) is 3.82. The number of imide groups is 1. The molecule has 1 heterocycles. The van der Waals surface area contributed by atoms with Crippen LogP contribution in [0.15, 0.2) is 59.1 Å². The summed E-state index contributed by atoms with van der Waals surface area (Å²) in [5.41, 5.74) is 0.915. The van der Waals surface area contributed by atoms with Crippen LogP contribution in [0.5, 0.6) is 0 Å². The van der Waals surface area contributed by atoms with Crippen molar-refractivity contribution in [2.75, 3.05) is 11.9 Å². The molecule has 0 unspecified atom stereocenters. The van der Waals surface area contributed by atoms with Gasteiger partial charge >= 0.3 is 12.0 Å². The molecular weight excluding hydrogens is 381 g/mol. The summed E-state index contributed by atoms with van der Waals surface area (Å²) in [7, 11) is 0. The smallest absolute Gasteiger partial charge is 0.344 e. The molecule has 9 heteroatoms. The molecule has 0 aliphatic carbocycles. The molecule has 0 radical (unpaired) electrons. The number of amides is 3. The Bertz CT molecular complexity index is 1050. The molecule has 0 fully saturated rings.